The summed E-state index contributed by atoms with van der Waals surface area (Å²) in [5.41, 5.74) is 2.78. The van der Waals surface area contributed by atoms with E-state index >= 15 is 0 Å². The Morgan fingerprint density at radius 1 is 1.33 bits per heavy atom. The molecule has 2 aromatic heterocycles. The lowest BCUT2D eigenvalue weighted by Crippen LogP contribution is -2.40. The van der Waals surface area contributed by atoms with Gasteiger partial charge in [0.1, 0.15) is 11.5 Å². The number of rotatable bonds is 3. The smallest absolute Gasteiger partial charge is 0.290 e. The van der Waals surface area contributed by atoms with Gasteiger partial charge in [0.2, 0.25) is 5.76 Å². The molecule has 6 heteroatoms. The zero-order valence-electron chi connectivity index (χ0n) is 13.4. The Hall–Kier alpha value is -2.89. The molecule has 0 fully saturated rings. The van der Waals surface area contributed by atoms with Crippen LogP contribution in [0.5, 0.6) is 0 Å². The quantitative estimate of drug-likeness (QED) is 0.804. The van der Waals surface area contributed by atoms with Gasteiger partial charge in [0.05, 0.1) is 0 Å². The number of benzene rings is 1. The molecule has 0 spiro atoms. The maximum atomic E-state index is 12.4. The summed E-state index contributed by atoms with van der Waals surface area (Å²) in [6.45, 7) is 2.77. The number of nitrogens with one attached hydrogen (secondary N) is 1. The van der Waals surface area contributed by atoms with Gasteiger partial charge in [-0.1, -0.05) is 35.0 Å². The molecule has 0 unspecified atom stereocenters. The maximum absolute atomic E-state index is 12.4. The number of amides is 1. The highest BCUT2D eigenvalue weighted by Crippen LogP contribution is 2.20. The molecule has 3 aromatic rings. The highest BCUT2D eigenvalue weighted by Gasteiger charge is 2.22. The van der Waals surface area contributed by atoms with Crippen molar-refractivity contribution in [3.63, 3.8) is 0 Å². The zero-order chi connectivity index (χ0) is 16.5. The van der Waals surface area contributed by atoms with Gasteiger partial charge in [-0.3, -0.25) is 4.79 Å². The summed E-state index contributed by atoms with van der Waals surface area (Å²) in [7, 11) is 0. The number of aromatic nitrogens is 3. The van der Waals surface area contributed by atoms with Gasteiger partial charge < -0.3 is 14.4 Å². The summed E-state index contributed by atoms with van der Waals surface area (Å²) in [6, 6.07) is 9.72. The average molecular weight is 322 g/mol. The predicted octanol–water partition coefficient (Wildman–Crippen LogP) is 2.59. The van der Waals surface area contributed by atoms with Crippen LogP contribution in [0.2, 0.25) is 0 Å². The fraction of sp³-hybridized carbons (Fsp3) is 0.278. The third-order valence-electron chi connectivity index (χ3n) is 4.35. The maximum Gasteiger partial charge on any atom is 0.290 e. The van der Waals surface area contributed by atoms with Crippen LogP contribution in [0.4, 0.5) is 0 Å². The number of imidazole rings is 1. The SMILES string of the molecule is Cc1ccc(-c2cc(C(=O)N[C@@H]3CCc4nccn4C3)on2)cc1. The molecule has 0 saturated carbocycles. The highest BCUT2D eigenvalue weighted by molar-refractivity contribution is 5.92. The first-order valence-corrected chi connectivity index (χ1v) is 8.04. The van der Waals surface area contributed by atoms with Crippen molar-refractivity contribution in [1.82, 2.24) is 20.0 Å². The third kappa shape index (κ3) is 2.82. The number of carbonyl (C=O) groups is 1. The lowest BCUT2D eigenvalue weighted by atomic mass is 10.1. The second-order valence-corrected chi connectivity index (χ2v) is 6.15. The first-order valence-electron chi connectivity index (χ1n) is 8.04. The first-order chi connectivity index (χ1) is 11.7. The standard InChI is InChI=1S/C18H18N4O2/c1-12-2-4-13(5-3-12)15-10-16(24-21-15)18(23)20-14-6-7-17-19-8-9-22(17)11-14/h2-5,8-10,14H,6-7,11H2,1H3,(H,20,23)/t14-/m1/s1. The van der Waals surface area contributed by atoms with Crippen LogP contribution in [0, 0.1) is 6.92 Å². The third-order valence-corrected chi connectivity index (χ3v) is 4.35. The molecule has 1 aromatic carbocycles. The number of fused-ring (bicyclic) bond motifs is 1. The molecule has 6 nitrogen and oxygen atoms in total. The van der Waals surface area contributed by atoms with Gasteiger partial charge in [0.15, 0.2) is 0 Å². The number of hydrogen-bond donors (Lipinski definition) is 1. The summed E-state index contributed by atoms with van der Waals surface area (Å²) >= 11 is 0. The van der Waals surface area contributed by atoms with Crippen molar-refractivity contribution in [2.75, 3.05) is 0 Å². The van der Waals surface area contributed by atoms with Crippen LogP contribution in [-0.4, -0.2) is 26.7 Å². The summed E-state index contributed by atoms with van der Waals surface area (Å²) in [6.07, 6.45) is 5.48. The Bertz CT molecular complexity index is 863. The second kappa shape index (κ2) is 5.96. The van der Waals surface area contributed by atoms with Gasteiger partial charge in [-0.15, -0.1) is 0 Å². The molecule has 122 valence electrons. The van der Waals surface area contributed by atoms with E-state index in [2.05, 4.69) is 20.0 Å². The van der Waals surface area contributed by atoms with Crippen LogP contribution in [-0.2, 0) is 13.0 Å². The van der Waals surface area contributed by atoms with E-state index in [1.807, 2.05) is 37.4 Å². The predicted molar refractivity (Wildman–Crippen MR) is 88.5 cm³/mol. The minimum Gasteiger partial charge on any atom is -0.350 e. The summed E-state index contributed by atoms with van der Waals surface area (Å²) < 4.78 is 7.30. The van der Waals surface area contributed by atoms with Gasteiger partial charge in [-0.2, -0.15) is 0 Å². The Morgan fingerprint density at radius 2 is 2.17 bits per heavy atom. The van der Waals surface area contributed by atoms with Crippen LogP contribution in [0.15, 0.2) is 47.2 Å². The van der Waals surface area contributed by atoms with Gasteiger partial charge in [0.25, 0.3) is 5.91 Å². The van der Waals surface area contributed by atoms with Crippen LogP contribution in [0.3, 0.4) is 0 Å². The van der Waals surface area contributed by atoms with E-state index in [9.17, 15) is 4.79 Å². The number of aryl methyl sites for hydroxylation is 2. The molecule has 3 heterocycles. The number of carbonyl (C=O) groups excluding carboxylic acids is 1. The lowest BCUT2D eigenvalue weighted by molar-refractivity contribution is 0.0890. The zero-order valence-corrected chi connectivity index (χ0v) is 13.4. The minimum absolute atomic E-state index is 0.0760. The molecular formula is C18H18N4O2. The van der Waals surface area contributed by atoms with Crippen molar-refractivity contribution in [2.45, 2.75) is 32.4 Å². The molecular weight excluding hydrogens is 304 g/mol. The van der Waals surface area contributed by atoms with E-state index in [4.69, 9.17) is 4.52 Å². The molecule has 0 radical (unpaired) electrons. The fourth-order valence-electron chi connectivity index (χ4n) is 2.98. The topological polar surface area (TPSA) is 73.0 Å². The van der Waals surface area contributed by atoms with Gasteiger partial charge in [-0.25, -0.2) is 4.98 Å². The van der Waals surface area contributed by atoms with Crippen molar-refractivity contribution in [2.24, 2.45) is 0 Å². The molecule has 24 heavy (non-hydrogen) atoms. The Balaban J connectivity index is 1.45. The van der Waals surface area contributed by atoms with Gasteiger partial charge in [0, 0.05) is 43.0 Å². The van der Waals surface area contributed by atoms with Crippen molar-refractivity contribution >= 4 is 5.91 Å². The molecule has 1 aliphatic rings. The van der Waals surface area contributed by atoms with E-state index in [1.54, 1.807) is 12.3 Å². The van der Waals surface area contributed by atoms with Crippen LogP contribution in [0.25, 0.3) is 11.3 Å². The summed E-state index contributed by atoms with van der Waals surface area (Å²) in [5, 5.41) is 7.03. The molecule has 0 bridgehead atoms. The van der Waals surface area contributed by atoms with Crippen molar-refractivity contribution < 1.29 is 9.32 Å². The largest absolute Gasteiger partial charge is 0.350 e. The van der Waals surface area contributed by atoms with Crippen molar-refractivity contribution in [3.8, 4) is 11.3 Å². The average Bonchev–Trinajstić information content (AvgIpc) is 3.24. The van der Waals surface area contributed by atoms with Gasteiger partial charge >= 0.3 is 0 Å². The number of nitrogens with zero attached hydrogens (tertiary/aromatic N) is 3. The van der Waals surface area contributed by atoms with Crippen LogP contribution >= 0.6 is 0 Å². The Kier molecular flexibility index (Phi) is 3.65. The molecule has 0 aliphatic carbocycles. The molecule has 1 N–H and O–H groups in total. The van der Waals surface area contributed by atoms with Crippen molar-refractivity contribution in [1.29, 1.82) is 0 Å². The van der Waals surface area contributed by atoms with E-state index in [0.29, 0.717) is 5.69 Å². The van der Waals surface area contributed by atoms with Crippen molar-refractivity contribution in [3.05, 3.63) is 59.9 Å². The van der Waals surface area contributed by atoms with E-state index in [1.165, 1.54) is 5.56 Å². The Morgan fingerprint density at radius 3 is 3.00 bits per heavy atom. The highest BCUT2D eigenvalue weighted by atomic mass is 16.5. The van der Waals surface area contributed by atoms with Crippen LogP contribution in [0.1, 0.15) is 28.4 Å². The summed E-state index contributed by atoms with van der Waals surface area (Å²) in [5.74, 6) is 1.08. The second-order valence-electron chi connectivity index (χ2n) is 6.15. The van der Waals surface area contributed by atoms with E-state index in [-0.39, 0.29) is 17.7 Å². The number of hydrogen-bond acceptors (Lipinski definition) is 4. The van der Waals surface area contributed by atoms with Gasteiger partial charge in [-0.05, 0) is 13.3 Å². The van der Waals surface area contributed by atoms with Crippen LogP contribution < -0.4 is 5.32 Å². The minimum atomic E-state index is -0.227. The normalized spacial score (nSPS) is 16.6. The Labute approximate surface area is 139 Å². The summed E-state index contributed by atoms with van der Waals surface area (Å²) in [4.78, 5) is 16.7. The lowest BCUT2D eigenvalue weighted by Gasteiger charge is -2.24. The van der Waals surface area contributed by atoms with E-state index < -0.39 is 0 Å². The fourth-order valence-corrected chi connectivity index (χ4v) is 2.98. The molecule has 4 rings (SSSR count). The molecule has 1 aliphatic heterocycles. The monoisotopic (exact) mass is 322 g/mol. The molecule has 0 saturated heterocycles. The molecule has 1 atom stereocenters. The van der Waals surface area contributed by atoms with E-state index in [0.717, 1.165) is 30.8 Å². The first kappa shape index (κ1) is 14.7. The molecule has 1 amide bonds.